The lowest BCUT2D eigenvalue weighted by molar-refractivity contribution is 0.491. The van der Waals surface area contributed by atoms with Crippen LogP contribution in [0.2, 0.25) is 0 Å². The Bertz CT molecular complexity index is 342. The molecule has 0 spiro atoms. The first-order valence-electron chi connectivity index (χ1n) is 6.85. The molecule has 0 amide bonds. The van der Waals surface area contributed by atoms with Gasteiger partial charge in [-0.1, -0.05) is 33.6 Å². The summed E-state index contributed by atoms with van der Waals surface area (Å²) in [7, 11) is 0. The first-order valence-corrected chi connectivity index (χ1v) is 7.67. The summed E-state index contributed by atoms with van der Waals surface area (Å²) in [4.78, 5) is 2.98. The molecule has 96 valence electrons. The predicted octanol–water partition coefficient (Wildman–Crippen LogP) is 4.33. The van der Waals surface area contributed by atoms with E-state index in [1.807, 2.05) is 11.3 Å². The van der Waals surface area contributed by atoms with Gasteiger partial charge in [0, 0.05) is 16.3 Å². The number of hydrogen-bond acceptors (Lipinski definition) is 2. The molecule has 0 unspecified atom stereocenters. The minimum Gasteiger partial charge on any atom is -0.312 e. The molecule has 2 heteroatoms. The Morgan fingerprint density at radius 3 is 2.53 bits per heavy atom. The highest BCUT2D eigenvalue weighted by molar-refractivity contribution is 7.12. The molecule has 0 atom stereocenters. The molecule has 1 heterocycles. The van der Waals surface area contributed by atoms with Gasteiger partial charge in [-0.15, -0.1) is 11.3 Å². The zero-order valence-electron chi connectivity index (χ0n) is 11.4. The van der Waals surface area contributed by atoms with Gasteiger partial charge < -0.3 is 5.32 Å². The maximum Gasteiger partial charge on any atom is 0.0299 e. The van der Waals surface area contributed by atoms with Crippen LogP contribution in [0, 0.1) is 5.92 Å². The van der Waals surface area contributed by atoms with E-state index in [1.54, 1.807) is 0 Å². The van der Waals surface area contributed by atoms with Crippen LogP contribution in [-0.4, -0.2) is 6.54 Å². The van der Waals surface area contributed by atoms with Crippen molar-refractivity contribution in [3.05, 3.63) is 21.9 Å². The van der Waals surface area contributed by atoms with Gasteiger partial charge in [0.25, 0.3) is 0 Å². The van der Waals surface area contributed by atoms with Crippen LogP contribution in [0.1, 0.15) is 56.2 Å². The molecule has 1 saturated carbocycles. The van der Waals surface area contributed by atoms with Gasteiger partial charge in [-0.05, 0) is 42.9 Å². The Labute approximate surface area is 110 Å². The Balaban J connectivity index is 1.77. The highest BCUT2D eigenvalue weighted by Crippen LogP contribution is 2.29. The third-order valence-corrected chi connectivity index (χ3v) is 5.12. The van der Waals surface area contributed by atoms with Crippen molar-refractivity contribution in [1.82, 2.24) is 5.32 Å². The Morgan fingerprint density at radius 1 is 1.24 bits per heavy atom. The van der Waals surface area contributed by atoms with E-state index in [0.29, 0.717) is 5.41 Å². The molecular formula is C15H25NS. The third kappa shape index (κ3) is 3.82. The van der Waals surface area contributed by atoms with Gasteiger partial charge in [-0.3, -0.25) is 0 Å². The zero-order chi connectivity index (χ0) is 12.3. The van der Waals surface area contributed by atoms with Crippen molar-refractivity contribution < 1.29 is 0 Å². The Hall–Kier alpha value is -0.340. The van der Waals surface area contributed by atoms with E-state index < -0.39 is 0 Å². The van der Waals surface area contributed by atoms with Gasteiger partial charge in [0.05, 0.1) is 0 Å². The van der Waals surface area contributed by atoms with Crippen molar-refractivity contribution in [3.8, 4) is 0 Å². The molecule has 1 aliphatic carbocycles. The summed E-state index contributed by atoms with van der Waals surface area (Å²) in [5.74, 6) is 0.942. The molecule has 1 fully saturated rings. The van der Waals surface area contributed by atoms with Crippen molar-refractivity contribution in [2.24, 2.45) is 5.92 Å². The fourth-order valence-electron chi connectivity index (χ4n) is 2.49. The predicted molar refractivity (Wildman–Crippen MR) is 76.7 cm³/mol. The number of hydrogen-bond donors (Lipinski definition) is 1. The lowest BCUT2D eigenvalue weighted by Crippen LogP contribution is -2.20. The normalized spacial score (nSPS) is 17.8. The fourth-order valence-corrected chi connectivity index (χ4v) is 3.53. The van der Waals surface area contributed by atoms with Crippen molar-refractivity contribution in [1.29, 1.82) is 0 Å². The van der Waals surface area contributed by atoms with E-state index in [0.717, 1.165) is 12.5 Å². The number of rotatable bonds is 4. The van der Waals surface area contributed by atoms with Crippen molar-refractivity contribution in [3.63, 3.8) is 0 Å². The summed E-state index contributed by atoms with van der Waals surface area (Å²) < 4.78 is 0. The monoisotopic (exact) mass is 251 g/mol. The Morgan fingerprint density at radius 2 is 1.94 bits per heavy atom. The van der Waals surface area contributed by atoms with Crippen LogP contribution in [0.25, 0.3) is 0 Å². The second-order valence-corrected chi connectivity index (χ2v) is 7.47. The molecule has 1 nitrogen and oxygen atoms in total. The molecular weight excluding hydrogens is 226 g/mol. The molecule has 17 heavy (non-hydrogen) atoms. The summed E-state index contributed by atoms with van der Waals surface area (Å²) in [6.45, 7) is 9.12. The van der Waals surface area contributed by atoms with Crippen LogP contribution in [-0.2, 0) is 12.0 Å². The van der Waals surface area contributed by atoms with E-state index in [2.05, 4.69) is 38.2 Å². The highest BCUT2D eigenvalue weighted by Gasteiger charge is 2.17. The first-order chi connectivity index (χ1) is 8.05. The maximum atomic E-state index is 3.62. The molecule has 2 rings (SSSR count). The van der Waals surface area contributed by atoms with Crippen LogP contribution >= 0.6 is 11.3 Å². The highest BCUT2D eigenvalue weighted by atomic mass is 32.1. The van der Waals surface area contributed by atoms with E-state index >= 15 is 0 Å². The maximum absolute atomic E-state index is 3.62. The van der Waals surface area contributed by atoms with Gasteiger partial charge in [-0.2, -0.15) is 0 Å². The van der Waals surface area contributed by atoms with E-state index in [-0.39, 0.29) is 0 Å². The average molecular weight is 251 g/mol. The third-order valence-electron chi connectivity index (χ3n) is 3.61. The van der Waals surface area contributed by atoms with Gasteiger partial charge >= 0.3 is 0 Å². The van der Waals surface area contributed by atoms with E-state index in [9.17, 15) is 0 Å². The summed E-state index contributed by atoms with van der Waals surface area (Å²) in [6.07, 6.45) is 5.76. The summed E-state index contributed by atoms with van der Waals surface area (Å²) >= 11 is 1.96. The molecule has 1 aromatic heterocycles. The second kappa shape index (κ2) is 5.53. The summed E-state index contributed by atoms with van der Waals surface area (Å²) in [6, 6.07) is 4.57. The minimum absolute atomic E-state index is 0.300. The van der Waals surface area contributed by atoms with Gasteiger partial charge in [0.2, 0.25) is 0 Å². The molecule has 0 aliphatic heterocycles. The quantitative estimate of drug-likeness (QED) is 0.840. The van der Waals surface area contributed by atoms with E-state index in [1.165, 1.54) is 42.0 Å². The number of thiophene rings is 1. The zero-order valence-corrected chi connectivity index (χ0v) is 12.2. The van der Waals surface area contributed by atoms with Crippen LogP contribution in [0.5, 0.6) is 0 Å². The van der Waals surface area contributed by atoms with Crippen LogP contribution in [0.15, 0.2) is 12.1 Å². The average Bonchev–Trinajstić information content (AvgIpc) is 2.86. The van der Waals surface area contributed by atoms with Crippen molar-refractivity contribution in [2.45, 2.75) is 58.4 Å². The second-order valence-electron chi connectivity index (χ2n) is 6.30. The molecule has 0 radical (unpaired) electrons. The molecule has 0 saturated heterocycles. The Kier molecular flexibility index (Phi) is 4.26. The van der Waals surface area contributed by atoms with Gasteiger partial charge in [-0.25, -0.2) is 0 Å². The van der Waals surface area contributed by atoms with Crippen LogP contribution < -0.4 is 5.32 Å². The molecule has 1 aliphatic rings. The van der Waals surface area contributed by atoms with E-state index in [4.69, 9.17) is 0 Å². The SMILES string of the molecule is CC(C)(C)c1ccc(CNCC2CCCC2)s1. The summed E-state index contributed by atoms with van der Waals surface area (Å²) in [5, 5.41) is 3.62. The molecule has 0 bridgehead atoms. The topological polar surface area (TPSA) is 12.0 Å². The van der Waals surface area contributed by atoms with Crippen molar-refractivity contribution >= 4 is 11.3 Å². The van der Waals surface area contributed by atoms with Crippen LogP contribution in [0.3, 0.4) is 0 Å². The number of nitrogens with one attached hydrogen (secondary N) is 1. The lowest BCUT2D eigenvalue weighted by Gasteiger charge is -2.15. The fraction of sp³-hybridized carbons (Fsp3) is 0.733. The summed E-state index contributed by atoms with van der Waals surface area (Å²) in [5.41, 5.74) is 0.300. The van der Waals surface area contributed by atoms with Crippen LogP contribution in [0.4, 0.5) is 0 Å². The molecule has 1 aromatic rings. The molecule has 0 aromatic carbocycles. The minimum atomic E-state index is 0.300. The van der Waals surface area contributed by atoms with Gasteiger partial charge in [0.1, 0.15) is 0 Å². The smallest absolute Gasteiger partial charge is 0.0299 e. The van der Waals surface area contributed by atoms with Gasteiger partial charge in [0.15, 0.2) is 0 Å². The molecule has 1 N–H and O–H groups in total. The standard InChI is InChI=1S/C15H25NS/c1-15(2,3)14-9-8-13(17-14)11-16-10-12-6-4-5-7-12/h8-9,12,16H,4-7,10-11H2,1-3H3. The first kappa shape index (κ1) is 13.1. The van der Waals surface area contributed by atoms with Crippen molar-refractivity contribution in [2.75, 3.05) is 6.54 Å². The largest absolute Gasteiger partial charge is 0.312 e. The lowest BCUT2D eigenvalue weighted by atomic mass is 9.95.